The van der Waals surface area contributed by atoms with E-state index in [2.05, 4.69) is 31.0 Å². The monoisotopic (exact) mass is 354 g/mol. The van der Waals surface area contributed by atoms with Crippen LogP contribution in [0.1, 0.15) is 67.1 Å². The smallest absolute Gasteiger partial charge is 0.251 e. The van der Waals surface area contributed by atoms with E-state index in [1.807, 2.05) is 43.3 Å². The van der Waals surface area contributed by atoms with Gasteiger partial charge in [0.2, 0.25) is 0 Å². The van der Waals surface area contributed by atoms with Gasteiger partial charge in [-0.1, -0.05) is 32.9 Å². The topological polar surface area (TPSA) is 45.5 Å². The van der Waals surface area contributed by atoms with Crippen LogP contribution >= 0.6 is 0 Å². The summed E-state index contributed by atoms with van der Waals surface area (Å²) in [5.74, 6) is 1.82. The highest BCUT2D eigenvalue weighted by molar-refractivity contribution is 5.94. The van der Waals surface area contributed by atoms with E-state index in [9.17, 15) is 4.79 Å². The fourth-order valence-corrected chi connectivity index (χ4v) is 3.51. The molecule has 140 valence electrons. The predicted molar refractivity (Wildman–Crippen MR) is 104 cm³/mol. The van der Waals surface area contributed by atoms with Crippen molar-refractivity contribution in [3.63, 3.8) is 0 Å². The number of nitrogens with one attached hydrogen (secondary N) is 1. The Kier molecular flexibility index (Phi) is 5.52. The van der Waals surface area contributed by atoms with Gasteiger partial charge < -0.3 is 9.73 Å². The minimum atomic E-state index is -0.0297. The Hall–Kier alpha value is -2.07. The van der Waals surface area contributed by atoms with Gasteiger partial charge in [0.1, 0.15) is 11.5 Å². The normalized spacial score (nSPS) is 16.6. The first-order valence-corrected chi connectivity index (χ1v) is 9.54. The summed E-state index contributed by atoms with van der Waals surface area (Å²) in [6.45, 7) is 11.2. The van der Waals surface area contributed by atoms with Crippen LogP contribution in [0.3, 0.4) is 0 Å². The van der Waals surface area contributed by atoms with Crippen molar-refractivity contribution in [2.24, 2.45) is 0 Å². The number of hydrogen-bond donors (Lipinski definition) is 1. The Balaban J connectivity index is 1.67. The molecule has 1 aliphatic heterocycles. The van der Waals surface area contributed by atoms with Gasteiger partial charge in [0, 0.05) is 12.1 Å². The third-order valence-electron chi connectivity index (χ3n) is 5.14. The zero-order chi connectivity index (χ0) is 18.7. The van der Waals surface area contributed by atoms with Gasteiger partial charge in [-0.15, -0.1) is 0 Å². The van der Waals surface area contributed by atoms with Crippen LogP contribution in [0.2, 0.25) is 0 Å². The first-order valence-electron chi connectivity index (χ1n) is 9.54. The SMILES string of the molecule is Cc1ccc([C@@H](CNC(=O)c2ccc(C(C)(C)C)cc2)N2CCCC2)o1. The van der Waals surface area contributed by atoms with E-state index in [1.54, 1.807) is 0 Å². The van der Waals surface area contributed by atoms with Crippen molar-refractivity contribution >= 4 is 5.91 Å². The molecule has 1 aromatic carbocycles. The summed E-state index contributed by atoms with van der Waals surface area (Å²) in [6, 6.07) is 12.0. The Morgan fingerprint density at radius 2 is 1.77 bits per heavy atom. The predicted octanol–water partition coefficient (Wildman–Crippen LogP) is 4.45. The van der Waals surface area contributed by atoms with Crippen molar-refractivity contribution in [3.05, 3.63) is 59.0 Å². The molecule has 0 aliphatic carbocycles. The Bertz CT molecular complexity index is 734. The van der Waals surface area contributed by atoms with Gasteiger partial charge in [0.25, 0.3) is 5.91 Å². The summed E-state index contributed by atoms with van der Waals surface area (Å²) in [5.41, 5.74) is 2.02. The minimum absolute atomic E-state index is 0.0297. The summed E-state index contributed by atoms with van der Waals surface area (Å²) in [4.78, 5) is 15.0. The molecule has 0 radical (unpaired) electrons. The summed E-state index contributed by atoms with van der Waals surface area (Å²) >= 11 is 0. The van der Waals surface area contributed by atoms with Crippen molar-refractivity contribution in [1.82, 2.24) is 10.2 Å². The van der Waals surface area contributed by atoms with E-state index in [0.717, 1.165) is 24.6 Å². The van der Waals surface area contributed by atoms with E-state index in [4.69, 9.17) is 4.42 Å². The van der Waals surface area contributed by atoms with Gasteiger partial charge in [0.15, 0.2) is 0 Å². The molecule has 1 saturated heterocycles. The van der Waals surface area contributed by atoms with Crippen LogP contribution in [0.5, 0.6) is 0 Å². The molecule has 3 rings (SSSR count). The highest BCUT2D eigenvalue weighted by Gasteiger charge is 2.26. The quantitative estimate of drug-likeness (QED) is 0.863. The van der Waals surface area contributed by atoms with E-state index in [-0.39, 0.29) is 17.4 Å². The molecule has 2 aromatic rings. The second-order valence-electron chi connectivity index (χ2n) is 8.24. The standard InChI is InChI=1S/C22H30N2O2/c1-16-7-12-20(26-16)19(24-13-5-6-14-24)15-23-21(25)17-8-10-18(11-9-17)22(2,3)4/h7-12,19H,5-6,13-15H2,1-4H3,(H,23,25)/t19-/m1/s1. The number of aryl methyl sites for hydroxylation is 1. The zero-order valence-electron chi connectivity index (χ0n) is 16.3. The summed E-state index contributed by atoms with van der Waals surface area (Å²) in [7, 11) is 0. The molecule has 1 atom stereocenters. The number of amides is 1. The molecule has 1 aromatic heterocycles. The maximum Gasteiger partial charge on any atom is 0.251 e. The van der Waals surface area contributed by atoms with E-state index >= 15 is 0 Å². The van der Waals surface area contributed by atoms with Crippen LogP contribution < -0.4 is 5.32 Å². The molecular formula is C22H30N2O2. The third kappa shape index (κ3) is 4.36. The molecule has 1 amide bonds. The summed E-state index contributed by atoms with van der Waals surface area (Å²) in [6.07, 6.45) is 2.41. The van der Waals surface area contributed by atoms with Crippen LogP contribution in [0.25, 0.3) is 0 Å². The van der Waals surface area contributed by atoms with Gasteiger partial charge in [-0.2, -0.15) is 0 Å². The van der Waals surface area contributed by atoms with Gasteiger partial charge in [-0.25, -0.2) is 0 Å². The number of carbonyl (C=O) groups excluding carboxylic acids is 1. The fourth-order valence-electron chi connectivity index (χ4n) is 3.51. The lowest BCUT2D eigenvalue weighted by Crippen LogP contribution is -2.36. The number of benzene rings is 1. The Morgan fingerprint density at radius 1 is 1.12 bits per heavy atom. The van der Waals surface area contributed by atoms with Crippen molar-refractivity contribution in [2.75, 3.05) is 19.6 Å². The average Bonchev–Trinajstić information content (AvgIpc) is 3.27. The molecule has 4 nitrogen and oxygen atoms in total. The summed E-state index contributed by atoms with van der Waals surface area (Å²) < 4.78 is 5.86. The molecule has 0 spiro atoms. The molecular weight excluding hydrogens is 324 g/mol. The van der Waals surface area contributed by atoms with Crippen LogP contribution in [0.4, 0.5) is 0 Å². The maximum absolute atomic E-state index is 12.6. The van der Waals surface area contributed by atoms with E-state index < -0.39 is 0 Å². The number of rotatable bonds is 5. The Morgan fingerprint density at radius 3 is 2.31 bits per heavy atom. The van der Waals surface area contributed by atoms with Crippen molar-refractivity contribution in [3.8, 4) is 0 Å². The molecule has 2 heterocycles. The lowest BCUT2D eigenvalue weighted by molar-refractivity contribution is 0.0933. The zero-order valence-corrected chi connectivity index (χ0v) is 16.3. The number of nitrogens with zero attached hydrogens (tertiary/aromatic N) is 1. The third-order valence-corrected chi connectivity index (χ3v) is 5.14. The second kappa shape index (κ2) is 7.67. The lowest BCUT2D eigenvalue weighted by atomic mass is 9.87. The first-order chi connectivity index (χ1) is 12.3. The van der Waals surface area contributed by atoms with E-state index in [1.165, 1.54) is 18.4 Å². The molecule has 0 bridgehead atoms. The van der Waals surface area contributed by atoms with Gasteiger partial charge in [-0.05, 0) is 68.1 Å². The van der Waals surface area contributed by atoms with Crippen LogP contribution in [0.15, 0.2) is 40.8 Å². The molecule has 1 fully saturated rings. The van der Waals surface area contributed by atoms with Crippen molar-refractivity contribution < 1.29 is 9.21 Å². The second-order valence-corrected chi connectivity index (χ2v) is 8.24. The molecule has 26 heavy (non-hydrogen) atoms. The average molecular weight is 354 g/mol. The molecule has 0 unspecified atom stereocenters. The Labute approximate surface area is 156 Å². The molecule has 1 N–H and O–H groups in total. The van der Waals surface area contributed by atoms with Crippen LogP contribution in [-0.2, 0) is 5.41 Å². The fraction of sp³-hybridized carbons (Fsp3) is 0.500. The number of carbonyl (C=O) groups is 1. The molecule has 1 aliphatic rings. The van der Waals surface area contributed by atoms with E-state index in [0.29, 0.717) is 12.1 Å². The molecule has 0 saturated carbocycles. The maximum atomic E-state index is 12.6. The first kappa shape index (κ1) is 18.7. The molecule has 4 heteroatoms. The van der Waals surface area contributed by atoms with Crippen molar-refractivity contribution in [1.29, 1.82) is 0 Å². The van der Waals surface area contributed by atoms with Crippen LogP contribution in [-0.4, -0.2) is 30.4 Å². The minimum Gasteiger partial charge on any atom is -0.465 e. The largest absolute Gasteiger partial charge is 0.465 e. The highest BCUT2D eigenvalue weighted by Crippen LogP contribution is 2.26. The number of furan rings is 1. The van der Waals surface area contributed by atoms with Crippen molar-refractivity contribution in [2.45, 2.75) is 52.0 Å². The van der Waals surface area contributed by atoms with Crippen LogP contribution in [0, 0.1) is 6.92 Å². The van der Waals surface area contributed by atoms with Gasteiger partial charge in [0.05, 0.1) is 6.04 Å². The summed E-state index contributed by atoms with van der Waals surface area (Å²) in [5, 5.41) is 3.10. The lowest BCUT2D eigenvalue weighted by Gasteiger charge is -2.26. The van der Waals surface area contributed by atoms with Gasteiger partial charge >= 0.3 is 0 Å². The number of hydrogen-bond acceptors (Lipinski definition) is 3. The van der Waals surface area contributed by atoms with Gasteiger partial charge in [-0.3, -0.25) is 9.69 Å². The highest BCUT2D eigenvalue weighted by atomic mass is 16.3. The number of likely N-dealkylation sites (tertiary alicyclic amines) is 1.